The summed E-state index contributed by atoms with van der Waals surface area (Å²) < 4.78 is 0. The molecule has 0 fully saturated rings. The molecule has 4 heteroatoms. The molecule has 32 heavy (non-hydrogen) atoms. The molecule has 0 aliphatic rings. The first-order chi connectivity index (χ1) is 13.6. The van der Waals surface area contributed by atoms with Crippen molar-refractivity contribution in [2.24, 2.45) is 0 Å². The van der Waals surface area contributed by atoms with Crippen molar-refractivity contribution in [3.63, 3.8) is 0 Å². The fraction of sp³-hybridized carbons (Fsp3) is 0.143. The molecule has 0 nitrogen and oxygen atoms in total. The smallest absolute Gasteiger partial charge is 0.213 e. The Hall–Kier alpha value is -1.40. The molecule has 4 rings (SSSR count). The van der Waals surface area contributed by atoms with Crippen LogP contribution >= 0.6 is 0 Å². The largest absolute Gasteiger partial charge is 6.00 e. The second kappa shape index (κ2) is 34.2. The van der Waals surface area contributed by atoms with E-state index in [4.69, 9.17) is 0 Å². The quantitative estimate of drug-likeness (QED) is 0.114. The van der Waals surface area contributed by atoms with E-state index in [1.54, 1.807) is 0 Å². The summed E-state index contributed by atoms with van der Waals surface area (Å²) in [5, 5.41) is 0. The van der Waals surface area contributed by atoms with E-state index in [2.05, 4.69) is 102 Å². The second-order valence-electron chi connectivity index (χ2n) is 5.85. The Morgan fingerprint density at radius 2 is 0.438 bits per heavy atom. The van der Waals surface area contributed by atoms with E-state index in [0.29, 0.717) is 0 Å². The third-order valence-corrected chi connectivity index (χ3v) is 3.32. The Labute approximate surface area is 239 Å². The predicted molar refractivity (Wildman–Crippen MR) is 127 cm³/mol. The molecule has 0 aliphatic heterocycles. The summed E-state index contributed by atoms with van der Waals surface area (Å²) in [6, 6.07) is 33.0. The summed E-state index contributed by atoms with van der Waals surface area (Å²) in [5.74, 6) is 0. The monoisotopic (exact) mass is 592 g/mol. The average Bonchev–Trinajstić information content (AvgIpc) is 3.51. The van der Waals surface area contributed by atoms with Crippen molar-refractivity contribution in [2.45, 2.75) is 27.7 Å². The topological polar surface area (TPSA) is 0 Å². The van der Waals surface area contributed by atoms with E-state index < -0.39 is 0 Å². The van der Waals surface area contributed by atoms with Crippen LogP contribution in [0.1, 0.15) is 22.3 Å². The molecule has 0 aromatic heterocycles. The van der Waals surface area contributed by atoms with Gasteiger partial charge in [0, 0.05) is 0 Å². The summed E-state index contributed by atoms with van der Waals surface area (Å²) in [5.41, 5.74) is 5.37. The van der Waals surface area contributed by atoms with Gasteiger partial charge in [-0.1, -0.05) is 27.7 Å². The molecule has 0 unspecified atom stereocenters. The molecule has 158 valence electrons. The fourth-order valence-electron chi connectivity index (χ4n) is 1.88. The zero-order valence-corrected chi connectivity index (χ0v) is 23.4. The molecular formula is C28H32Fe4+18. The van der Waals surface area contributed by atoms with Crippen LogP contribution in [-0.2, 0) is 68.3 Å². The molecule has 4 aromatic rings. The molecule has 4 aromatic carbocycles. The minimum absolute atomic E-state index is 0. The maximum atomic E-state index is 4.00. The van der Waals surface area contributed by atoms with E-state index in [1.807, 2.05) is 48.5 Å². The van der Waals surface area contributed by atoms with Crippen molar-refractivity contribution in [2.75, 3.05) is 0 Å². The molecule has 0 bridgehead atoms. The van der Waals surface area contributed by atoms with Gasteiger partial charge in [0.25, 0.3) is 0 Å². The summed E-state index contributed by atoms with van der Waals surface area (Å²) in [7, 11) is 0. The second-order valence-corrected chi connectivity index (χ2v) is 5.85. The summed E-state index contributed by atoms with van der Waals surface area (Å²) in [6.07, 6.45) is 16.0. The van der Waals surface area contributed by atoms with Crippen LogP contribution in [0.5, 0.6) is 0 Å². The van der Waals surface area contributed by atoms with Crippen LogP contribution < -0.4 is 0 Å². The Kier molecular flexibility index (Phi) is 47.4. The van der Waals surface area contributed by atoms with Crippen molar-refractivity contribution in [3.8, 4) is 25.7 Å². The van der Waals surface area contributed by atoms with Crippen molar-refractivity contribution in [3.05, 3.63) is 119 Å². The van der Waals surface area contributed by atoms with E-state index in [1.165, 1.54) is 22.3 Å². The van der Waals surface area contributed by atoms with Gasteiger partial charge in [-0.05, 0) is 0 Å². The van der Waals surface area contributed by atoms with Gasteiger partial charge < -0.3 is 0 Å². The van der Waals surface area contributed by atoms with Gasteiger partial charge in [-0.25, -0.2) is 48.5 Å². The van der Waals surface area contributed by atoms with Gasteiger partial charge in [0.05, 0.1) is 0 Å². The maximum Gasteiger partial charge on any atom is 6.00 e. The fourth-order valence-corrected chi connectivity index (χ4v) is 1.88. The third kappa shape index (κ3) is 30.8. The van der Waals surface area contributed by atoms with Crippen LogP contribution in [0.4, 0.5) is 0 Å². The predicted octanol–water partition coefficient (Wildman–Crippen LogP) is 7.34. The number of terminal acetylenes is 2. The molecule has 0 amide bonds. The summed E-state index contributed by atoms with van der Waals surface area (Å²) in [4.78, 5) is 0. The van der Waals surface area contributed by atoms with E-state index in [0.717, 1.165) is 0 Å². The normalized spacial score (nSPS) is 6.75. The van der Waals surface area contributed by atoms with Gasteiger partial charge >= 0.3 is 68.3 Å². The van der Waals surface area contributed by atoms with E-state index in [9.17, 15) is 0 Å². The number of rotatable bonds is 0. The van der Waals surface area contributed by atoms with Crippen LogP contribution in [0, 0.1) is 53.4 Å². The van der Waals surface area contributed by atoms with Crippen molar-refractivity contribution in [1.82, 2.24) is 0 Å². The molecule has 0 aliphatic carbocycles. The zero-order valence-electron chi connectivity index (χ0n) is 19.0. The van der Waals surface area contributed by atoms with Crippen LogP contribution in [0.25, 0.3) is 0 Å². The first kappa shape index (κ1) is 44.3. The average molecular weight is 592 g/mol. The van der Waals surface area contributed by atoms with Crippen molar-refractivity contribution >= 4 is 0 Å². The summed E-state index contributed by atoms with van der Waals surface area (Å²) in [6.45, 7) is 8.33. The van der Waals surface area contributed by atoms with Crippen LogP contribution in [0.3, 0.4) is 0 Å². The van der Waals surface area contributed by atoms with E-state index in [-0.39, 0.29) is 68.3 Å². The Balaban J connectivity index is -0.0000000643. The van der Waals surface area contributed by atoms with Gasteiger partial charge in [-0.2, -0.15) is 70.8 Å². The van der Waals surface area contributed by atoms with Crippen molar-refractivity contribution < 1.29 is 68.3 Å². The van der Waals surface area contributed by atoms with Crippen LogP contribution in [0.2, 0.25) is 0 Å². The number of hydrogen-bond donors (Lipinski definition) is 0. The first-order valence-corrected chi connectivity index (χ1v) is 8.98. The van der Waals surface area contributed by atoms with Crippen molar-refractivity contribution in [1.29, 1.82) is 0 Å². The van der Waals surface area contributed by atoms with Gasteiger partial charge in [0.2, 0.25) is 0 Å². The Morgan fingerprint density at radius 1 is 0.344 bits per heavy atom. The first-order valence-electron chi connectivity index (χ1n) is 8.98. The molecular weight excluding hydrogens is 560 g/mol. The standard InChI is InChI=1S/4C6H7.2C2H2.4Fe/c4*1-6-4-2-3-5-6;2*1-2;;;;/h4*2-5H,1H3;2*1-2H;;;;/q4*-1;;;2*+5;2*+6. The molecule has 0 spiro atoms. The Morgan fingerprint density at radius 3 is 0.469 bits per heavy atom. The number of aryl methyl sites for hydroxylation is 4. The molecule has 2 radical (unpaired) electrons. The number of hydrogen-bond acceptors (Lipinski definition) is 0. The molecule has 0 N–H and O–H groups in total. The SMILES string of the molecule is C#C.C#C.C[c-]1cccc1.C[c-]1cccc1.C[c-]1cccc1.C[c-]1cccc1.[Fe+5].[Fe+5].[Fe+6].[Fe+6]. The zero-order chi connectivity index (χ0) is 21.6. The van der Waals surface area contributed by atoms with Gasteiger partial charge in [0.1, 0.15) is 0 Å². The van der Waals surface area contributed by atoms with Gasteiger partial charge in [-0.3, -0.25) is 0 Å². The molecule has 0 saturated carbocycles. The third-order valence-electron chi connectivity index (χ3n) is 3.32. The molecule has 0 atom stereocenters. The molecule has 0 saturated heterocycles. The Bertz CT molecular complexity index is 636. The van der Waals surface area contributed by atoms with Crippen LogP contribution in [0.15, 0.2) is 97.1 Å². The van der Waals surface area contributed by atoms with E-state index >= 15 is 0 Å². The van der Waals surface area contributed by atoms with Gasteiger partial charge in [0.15, 0.2) is 0 Å². The van der Waals surface area contributed by atoms with Gasteiger partial charge in [-0.15, -0.1) is 25.7 Å². The minimum atomic E-state index is 0. The maximum absolute atomic E-state index is 4.00. The minimum Gasteiger partial charge on any atom is -0.213 e. The molecule has 0 heterocycles. The summed E-state index contributed by atoms with van der Waals surface area (Å²) >= 11 is 0. The van der Waals surface area contributed by atoms with Crippen LogP contribution in [-0.4, -0.2) is 0 Å².